The summed E-state index contributed by atoms with van der Waals surface area (Å²) in [5.41, 5.74) is 1.99. The van der Waals surface area contributed by atoms with E-state index in [-0.39, 0.29) is 6.61 Å². The third-order valence-corrected chi connectivity index (χ3v) is 7.60. The molecule has 4 unspecified atom stereocenters. The predicted molar refractivity (Wildman–Crippen MR) is 154 cm³/mol. The fourth-order valence-electron chi connectivity index (χ4n) is 5.40. The smallest absolute Gasteiger partial charge is 0.186 e. The molecule has 3 aromatic rings. The summed E-state index contributed by atoms with van der Waals surface area (Å²) >= 11 is 0. The fraction of sp³-hybridized carbons (Fsp3) is 0.471. The van der Waals surface area contributed by atoms with Crippen LogP contribution >= 0.6 is 0 Å². The standard InChI is InChI=1S/C34H44O5/c1-2-3-4-5-6-7-8-18-25-37-33-32(36)31(35)30(39-33)26-38-34(27-19-12-9-13-20-27,28-21-14-10-15-22-28)29-23-16-11-17-24-29/h9-17,19-24,30-33,35-36H,2-8,18,25-26H2,1H3. The number of ether oxygens (including phenoxy) is 3. The van der Waals surface area contributed by atoms with E-state index in [1.165, 1.54) is 38.5 Å². The van der Waals surface area contributed by atoms with Gasteiger partial charge in [0.15, 0.2) is 6.29 Å². The van der Waals surface area contributed by atoms with E-state index in [1.54, 1.807) is 0 Å². The molecule has 0 aromatic heterocycles. The first-order valence-electron chi connectivity index (χ1n) is 14.6. The van der Waals surface area contributed by atoms with Crippen molar-refractivity contribution < 1.29 is 24.4 Å². The Bertz CT molecular complexity index is 962. The third-order valence-electron chi connectivity index (χ3n) is 7.60. The quantitative estimate of drug-likeness (QED) is 0.161. The van der Waals surface area contributed by atoms with Crippen LogP contribution in [-0.2, 0) is 19.8 Å². The van der Waals surface area contributed by atoms with Crippen LogP contribution in [0, 0.1) is 0 Å². The van der Waals surface area contributed by atoms with Crippen LogP contribution in [0.25, 0.3) is 0 Å². The van der Waals surface area contributed by atoms with Gasteiger partial charge in [-0.2, -0.15) is 0 Å². The molecule has 0 radical (unpaired) electrons. The number of benzene rings is 3. The molecule has 4 atom stereocenters. The first kappa shape index (κ1) is 29.4. The largest absolute Gasteiger partial charge is 0.387 e. The molecule has 0 aliphatic carbocycles. The van der Waals surface area contributed by atoms with Gasteiger partial charge in [-0.15, -0.1) is 0 Å². The van der Waals surface area contributed by atoms with Gasteiger partial charge in [-0.05, 0) is 23.1 Å². The first-order chi connectivity index (χ1) is 19.2. The summed E-state index contributed by atoms with van der Waals surface area (Å²) in [6, 6.07) is 30.3. The van der Waals surface area contributed by atoms with E-state index < -0.39 is 30.2 Å². The van der Waals surface area contributed by atoms with Crippen LogP contribution < -0.4 is 0 Å². The molecule has 210 valence electrons. The zero-order valence-electron chi connectivity index (χ0n) is 23.2. The Kier molecular flexibility index (Phi) is 11.6. The number of aliphatic hydroxyl groups is 2. The van der Waals surface area contributed by atoms with E-state index in [1.807, 2.05) is 54.6 Å². The predicted octanol–water partition coefficient (Wildman–Crippen LogP) is 6.60. The second-order valence-corrected chi connectivity index (χ2v) is 10.5. The Morgan fingerprint density at radius 2 is 1.10 bits per heavy atom. The van der Waals surface area contributed by atoms with Gasteiger partial charge in [-0.25, -0.2) is 0 Å². The van der Waals surface area contributed by atoms with Gasteiger partial charge in [0.05, 0.1) is 6.61 Å². The van der Waals surface area contributed by atoms with Gasteiger partial charge < -0.3 is 24.4 Å². The lowest BCUT2D eigenvalue weighted by Crippen LogP contribution is -2.39. The van der Waals surface area contributed by atoms with Crippen molar-refractivity contribution in [1.82, 2.24) is 0 Å². The van der Waals surface area contributed by atoms with Gasteiger partial charge in [0, 0.05) is 6.61 Å². The molecule has 1 saturated heterocycles. The summed E-state index contributed by atoms with van der Waals surface area (Å²) in [6.45, 7) is 2.81. The second-order valence-electron chi connectivity index (χ2n) is 10.5. The summed E-state index contributed by atoms with van der Waals surface area (Å²) < 4.78 is 18.7. The van der Waals surface area contributed by atoms with Gasteiger partial charge in [-0.3, -0.25) is 0 Å². The molecule has 0 bridgehead atoms. The molecule has 0 spiro atoms. The number of unbranched alkanes of at least 4 members (excludes halogenated alkanes) is 7. The molecule has 1 aliphatic rings. The number of hydrogen-bond donors (Lipinski definition) is 2. The van der Waals surface area contributed by atoms with E-state index >= 15 is 0 Å². The molecule has 0 saturated carbocycles. The van der Waals surface area contributed by atoms with E-state index in [0.717, 1.165) is 29.5 Å². The molecular formula is C34H44O5. The van der Waals surface area contributed by atoms with Crippen molar-refractivity contribution in [3.05, 3.63) is 108 Å². The fourth-order valence-corrected chi connectivity index (χ4v) is 5.40. The van der Waals surface area contributed by atoms with E-state index in [4.69, 9.17) is 14.2 Å². The van der Waals surface area contributed by atoms with Gasteiger partial charge in [-0.1, -0.05) is 143 Å². The minimum Gasteiger partial charge on any atom is -0.387 e. The van der Waals surface area contributed by atoms with E-state index in [0.29, 0.717) is 6.61 Å². The van der Waals surface area contributed by atoms with Crippen LogP contribution in [0.15, 0.2) is 91.0 Å². The summed E-state index contributed by atoms with van der Waals surface area (Å²) in [4.78, 5) is 0. The maximum atomic E-state index is 10.8. The zero-order chi connectivity index (χ0) is 27.3. The first-order valence-corrected chi connectivity index (χ1v) is 14.6. The van der Waals surface area contributed by atoms with Gasteiger partial charge >= 0.3 is 0 Å². The van der Waals surface area contributed by atoms with Crippen molar-refractivity contribution in [3.63, 3.8) is 0 Å². The maximum Gasteiger partial charge on any atom is 0.186 e. The van der Waals surface area contributed by atoms with Crippen molar-refractivity contribution >= 4 is 0 Å². The Morgan fingerprint density at radius 3 is 1.59 bits per heavy atom. The van der Waals surface area contributed by atoms with Crippen molar-refractivity contribution in [2.24, 2.45) is 0 Å². The molecule has 5 heteroatoms. The Hall–Kier alpha value is -2.54. The molecule has 0 amide bonds. The van der Waals surface area contributed by atoms with Crippen LogP contribution in [0.1, 0.15) is 75.0 Å². The lowest BCUT2D eigenvalue weighted by Gasteiger charge is -2.37. The monoisotopic (exact) mass is 532 g/mol. The van der Waals surface area contributed by atoms with Crippen LogP contribution in [0.5, 0.6) is 0 Å². The summed E-state index contributed by atoms with van der Waals surface area (Å²) in [7, 11) is 0. The van der Waals surface area contributed by atoms with Crippen LogP contribution in [0.2, 0.25) is 0 Å². The van der Waals surface area contributed by atoms with E-state index in [2.05, 4.69) is 43.3 Å². The molecule has 1 fully saturated rings. The van der Waals surface area contributed by atoms with Crippen LogP contribution in [-0.4, -0.2) is 48.0 Å². The number of aliphatic hydroxyl groups excluding tert-OH is 2. The van der Waals surface area contributed by atoms with Crippen molar-refractivity contribution in [2.75, 3.05) is 13.2 Å². The molecule has 4 rings (SSSR count). The van der Waals surface area contributed by atoms with Gasteiger partial charge in [0.25, 0.3) is 0 Å². The maximum absolute atomic E-state index is 10.8. The molecule has 1 heterocycles. The normalized spacial score (nSPS) is 21.3. The lowest BCUT2D eigenvalue weighted by molar-refractivity contribution is -0.176. The highest BCUT2D eigenvalue weighted by Gasteiger charge is 2.46. The summed E-state index contributed by atoms with van der Waals surface area (Å²) in [5, 5.41) is 21.5. The van der Waals surface area contributed by atoms with E-state index in [9.17, 15) is 10.2 Å². The molecular weight excluding hydrogens is 488 g/mol. The van der Waals surface area contributed by atoms with Gasteiger partial charge in [0.1, 0.15) is 23.9 Å². The molecule has 2 N–H and O–H groups in total. The molecule has 5 nitrogen and oxygen atoms in total. The Labute approximate surface area is 233 Å². The van der Waals surface area contributed by atoms with Gasteiger partial charge in [0.2, 0.25) is 0 Å². The van der Waals surface area contributed by atoms with Crippen molar-refractivity contribution in [1.29, 1.82) is 0 Å². The molecule has 3 aromatic carbocycles. The molecule has 1 aliphatic heterocycles. The average Bonchev–Trinajstić information content (AvgIpc) is 3.26. The third kappa shape index (κ3) is 7.56. The minimum atomic E-state index is -1.12. The SMILES string of the molecule is CCCCCCCCCCOC1OC(COC(c2ccccc2)(c2ccccc2)c2ccccc2)C(O)C1O. The molecule has 39 heavy (non-hydrogen) atoms. The highest BCUT2D eigenvalue weighted by molar-refractivity contribution is 5.47. The zero-order valence-corrected chi connectivity index (χ0v) is 23.2. The minimum absolute atomic E-state index is 0.0779. The Balaban J connectivity index is 1.42. The highest BCUT2D eigenvalue weighted by atomic mass is 16.7. The number of rotatable bonds is 16. The van der Waals surface area contributed by atoms with Crippen molar-refractivity contribution in [2.45, 2.75) is 88.5 Å². The summed E-state index contributed by atoms with van der Waals surface area (Å²) in [5.74, 6) is 0. The highest BCUT2D eigenvalue weighted by Crippen LogP contribution is 2.41. The summed E-state index contributed by atoms with van der Waals surface area (Å²) in [6.07, 6.45) is 5.84. The second kappa shape index (κ2) is 15.3. The van der Waals surface area contributed by atoms with Crippen molar-refractivity contribution in [3.8, 4) is 0 Å². The van der Waals surface area contributed by atoms with Crippen LogP contribution in [0.3, 0.4) is 0 Å². The number of hydrogen-bond acceptors (Lipinski definition) is 5. The topological polar surface area (TPSA) is 68.2 Å². The Morgan fingerprint density at radius 1 is 0.641 bits per heavy atom. The lowest BCUT2D eigenvalue weighted by atomic mass is 9.80. The van der Waals surface area contributed by atoms with Crippen LogP contribution in [0.4, 0.5) is 0 Å². The average molecular weight is 533 g/mol.